The fraction of sp³-hybridized carbons (Fsp3) is 0.750. The van der Waals surface area contributed by atoms with Gasteiger partial charge in [0, 0.05) is 24.6 Å². The van der Waals surface area contributed by atoms with Crippen LogP contribution in [0.1, 0.15) is 19.0 Å². The van der Waals surface area contributed by atoms with Gasteiger partial charge in [0.2, 0.25) is 0 Å². The average molecular weight is 236 g/mol. The van der Waals surface area contributed by atoms with Crippen LogP contribution in [0.2, 0.25) is 4.34 Å². The molecule has 0 radical (unpaired) electrons. The Bertz CT molecular complexity index is 263. The third-order valence-electron chi connectivity index (χ3n) is 1.84. The van der Waals surface area contributed by atoms with Gasteiger partial charge in [-0.2, -0.15) is 0 Å². The van der Waals surface area contributed by atoms with E-state index < -0.39 is 0 Å². The molecule has 0 aliphatic heterocycles. The van der Waals surface area contributed by atoms with Gasteiger partial charge in [-0.25, -0.2) is 0 Å². The predicted octanol–water partition coefficient (Wildman–Crippen LogP) is 1.40. The first-order valence-electron chi connectivity index (χ1n) is 4.57. The van der Waals surface area contributed by atoms with E-state index in [1.54, 1.807) is 0 Å². The lowest BCUT2D eigenvalue weighted by Gasteiger charge is -2.18. The minimum atomic E-state index is 0.162. The molecule has 0 amide bonds. The number of halogens is 1. The summed E-state index contributed by atoms with van der Waals surface area (Å²) in [5.74, 6) is 0. The van der Waals surface area contributed by atoms with Gasteiger partial charge < -0.3 is 5.11 Å². The smallest absolute Gasteiger partial charge is 0.138 e. The molecule has 14 heavy (non-hydrogen) atoms. The van der Waals surface area contributed by atoms with E-state index in [1.807, 2.05) is 0 Å². The minimum Gasteiger partial charge on any atom is -0.395 e. The van der Waals surface area contributed by atoms with Crippen molar-refractivity contribution in [3.05, 3.63) is 10.0 Å². The zero-order valence-corrected chi connectivity index (χ0v) is 9.68. The van der Waals surface area contributed by atoms with E-state index in [-0.39, 0.29) is 6.61 Å². The summed E-state index contributed by atoms with van der Waals surface area (Å²) in [5, 5.41) is 12.8. The number of rotatable bonds is 6. The lowest BCUT2D eigenvalue weighted by atomic mass is 10.3. The molecule has 0 spiro atoms. The van der Waals surface area contributed by atoms with Crippen LogP contribution in [0.3, 0.4) is 0 Å². The van der Waals surface area contributed by atoms with Crippen LogP contribution in [0.15, 0.2) is 0 Å². The maximum atomic E-state index is 8.85. The SMILES string of the molecule is CCCN(CCO)Cc1nnsc1Cl. The molecule has 1 aromatic rings. The van der Waals surface area contributed by atoms with Gasteiger partial charge >= 0.3 is 0 Å². The zero-order chi connectivity index (χ0) is 10.4. The van der Waals surface area contributed by atoms with Crippen molar-refractivity contribution in [1.29, 1.82) is 0 Å². The molecule has 1 heterocycles. The first-order chi connectivity index (χ1) is 6.77. The fourth-order valence-electron chi connectivity index (χ4n) is 1.23. The Morgan fingerprint density at radius 3 is 2.79 bits per heavy atom. The summed E-state index contributed by atoms with van der Waals surface area (Å²) in [6.45, 7) is 4.53. The number of hydrogen-bond donors (Lipinski definition) is 1. The Kier molecular flexibility index (Phi) is 5.32. The van der Waals surface area contributed by atoms with Gasteiger partial charge in [-0.05, 0) is 13.0 Å². The maximum Gasteiger partial charge on any atom is 0.138 e. The van der Waals surface area contributed by atoms with Crippen LogP contribution in [0.5, 0.6) is 0 Å². The fourth-order valence-corrected chi connectivity index (χ4v) is 1.84. The van der Waals surface area contributed by atoms with Crippen LogP contribution in [0.4, 0.5) is 0 Å². The summed E-state index contributed by atoms with van der Waals surface area (Å²) < 4.78 is 4.41. The Morgan fingerprint density at radius 1 is 1.50 bits per heavy atom. The molecule has 0 unspecified atom stereocenters. The van der Waals surface area contributed by atoms with E-state index in [0.717, 1.165) is 18.7 Å². The largest absolute Gasteiger partial charge is 0.395 e. The minimum absolute atomic E-state index is 0.162. The molecule has 1 aromatic heterocycles. The van der Waals surface area contributed by atoms with E-state index in [0.29, 0.717) is 17.4 Å². The highest BCUT2D eigenvalue weighted by atomic mass is 35.5. The van der Waals surface area contributed by atoms with Crippen LogP contribution < -0.4 is 0 Å². The van der Waals surface area contributed by atoms with Crippen molar-refractivity contribution in [2.24, 2.45) is 0 Å². The highest BCUT2D eigenvalue weighted by Gasteiger charge is 2.10. The lowest BCUT2D eigenvalue weighted by Crippen LogP contribution is -2.27. The van der Waals surface area contributed by atoms with E-state index in [2.05, 4.69) is 21.4 Å². The van der Waals surface area contributed by atoms with Crippen molar-refractivity contribution in [3.63, 3.8) is 0 Å². The quantitative estimate of drug-likeness (QED) is 0.810. The highest BCUT2D eigenvalue weighted by molar-refractivity contribution is 7.10. The third kappa shape index (κ3) is 3.49. The van der Waals surface area contributed by atoms with Gasteiger partial charge in [-0.15, -0.1) is 5.10 Å². The number of nitrogens with zero attached hydrogens (tertiary/aromatic N) is 3. The Labute approximate surface area is 92.7 Å². The summed E-state index contributed by atoms with van der Waals surface area (Å²) in [6, 6.07) is 0. The lowest BCUT2D eigenvalue weighted by molar-refractivity contribution is 0.189. The normalized spacial score (nSPS) is 11.1. The average Bonchev–Trinajstić information content (AvgIpc) is 2.53. The molecule has 0 aliphatic rings. The number of hydrogen-bond acceptors (Lipinski definition) is 5. The molecule has 0 aromatic carbocycles. The Morgan fingerprint density at radius 2 is 2.29 bits per heavy atom. The Hall–Kier alpha value is -0.230. The van der Waals surface area contributed by atoms with Crippen molar-refractivity contribution >= 4 is 23.1 Å². The van der Waals surface area contributed by atoms with Gasteiger partial charge in [-0.1, -0.05) is 23.0 Å². The van der Waals surface area contributed by atoms with E-state index in [4.69, 9.17) is 16.7 Å². The molecule has 80 valence electrons. The van der Waals surface area contributed by atoms with Crippen LogP contribution in [0, 0.1) is 0 Å². The summed E-state index contributed by atoms with van der Waals surface area (Å²) in [6.07, 6.45) is 1.05. The Balaban J connectivity index is 2.50. The molecule has 6 heteroatoms. The summed E-state index contributed by atoms with van der Waals surface area (Å²) in [7, 11) is 0. The standard InChI is InChI=1S/C8H14ClN3OS/c1-2-3-12(4-5-13)6-7-8(9)14-11-10-7/h13H,2-6H2,1H3. The van der Waals surface area contributed by atoms with Crippen molar-refractivity contribution < 1.29 is 5.11 Å². The predicted molar refractivity (Wildman–Crippen MR) is 57.6 cm³/mol. The molecule has 0 saturated carbocycles. The zero-order valence-electron chi connectivity index (χ0n) is 8.11. The summed E-state index contributed by atoms with van der Waals surface area (Å²) >= 11 is 7.09. The molecular formula is C8H14ClN3OS. The second kappa shape index (κ2) is 6.29. The molecule has 0 aliphatic carbocycles. The van der Waals surface area contributed by atoms with Crippen molar-refractivity contribution in [2.45, 2.75) is 19.9 Å². The number of aliphatic hydroxyl groups is 1. The molecular weight excluding hydrogens is 222 g/mol. The van der Waals surface area contributed by atoms with Crippen molar-refractivity contribution in [3.8, 4) is 0 Å². The van der Waals surface area contributed by atoms with Crippen LogP contribution in [-0.2, 0) is 6.54 Å². The topological polar surface area (TPSA) is 49.2 Å². The van der Waals surface area contributed by atoms with Crippen molar-refractivity contribution in [1.82, 2.24) is 14.5 Å². The summed E-state index contributed by atoms with van der Waals surface area (Å²) in [4.78, 5) is 2.11. The molecule has 0 fully saturated rings. The second-order valence-electron chi connectivity index (χ2n) is 2.99. The van der Waals surface area contributed by atoms with E-state index in [1.165, 1.54) is 11.5 Å². The van der Waals surface area contributed by atoms with Gasteiger partial charge in [0.25, 0.3) is 0 Å². The van der Waals surface area contributed by atoms with Gasteiger partial charge in [0.15, 0.2) is 0 Å². The monoisotopic (exact) mass is 235 g/mol. The molecule has 1 N–H and O–H groups in total. The number of aromatic nitrogens is 2. The first kappa shape index (κ1) is 11.8. The van der Waals surface area contributed by atoms with Crippen LogP contribution in [-0.4, -0.2) is 39.3 Å². The molecule has 1 rings (SSSR count). The molecule has 0 atom stereocenters. The summed E-state index contributed by atoms with van der Waals surface area (Å²) in [5.41, 5.74) is 0.804. The van der Waals surface area contributed by atoms with Crippen molar-refractivity contribution in [2.75, 3.05) is 19.7 Å². The molecule has 4 nitrogen and oxygen atoms in total. The second-order valence-corrected chi connectivity index (χ2v) is 4.35. The van der Waals surface area contributed by atoms with E-state index >= 15 is 0 Å². The van der Waals surface area contributed by atoms with Gasteiger partial charge in [0.05, 0.1) is 6.61 Å². The third-order valence-corrected chi connectivity index (χ3v) is 2.82. The number of aliphatic hydroxyl groups excluding tert-OH is 1. The van der Waals surface area contributed by atoms with E-state index in [9.17, 15) is 0 Å². The highest BCUT2D eigenvalue weighted by Crippen LogP contribution is 2.18. The molecule has 0 saturated heterocycles. The maximum absolute atomic E-state index is 8.85. The van der Waals surface area contributed by atoms with Crippen LogP contribution in [0.25, 0.3) is 0 Å². The van der Waals surface area contributed by atoms with Gasteiger partial charge in [-0.3, -0.25) is 4.90 Å². The van der Waals surface area contributed by atoms with Gasteiger partial charge in [0.1, 0.15) is 10.0 Å². The van der Waals surface area contributed by atoms with Crippen LogP contribution >= 0.6 is 23.1 Å². The molecule has 0 bridgehead atoms. The first-order valence-corrected chi connectivity index (χ1v) is 5.73.